The summed E-state index contributed by atoms with van der Waals surface area (Å²) in [6.07, 6.45) is 2.53. The van der Waals surface area contributed by atoms with Gasteiger partial charge < -0.3 is 10.1 Å². The van der Waals surface area contributed by atoms with Crippen molar-refractivity contribution in [3.63, 3.8) is 0 Å². The van der Waals surface area contributed by atoms with E-state index in [0.29, 0.717) is 11.4 Å². The smallest absolute Gasteiger partial charge is 0.312 e. The molecule has 7 heteroatoms. The maximum absolute atomic E-state index is 12.1. The maximum atomic E-state index is 12.1. The van der Waals surface area contributed by atoms with E-state index in [-0.39, 0.29) is 12.3 Å². The third-order valence-corrected chi connectivity index (χ3v) is 4.44. The molecule has 132 valence electrons. The second-order valence-corrected chi connectivity index (χ2v) is 6.41. The number of pyridine rings is 1. The van der Waals surface area contributed by atoms with Gasteiger partial charge in [-0.05, 0) is 31.2 Å². The van der Waals surface area contributed by atoms with Gasteiger partial charge in [0.1, 0.15) is 5.01 Å². The number of nitrogens with zero attached hydrogens (tertiary/aromatic N) is 2. The number of carbonyl (C=O) groups excluding carboxylic acids is 2. The molecule has 3 aromatic rings. The first-order valence-electron chi connectivity index (χ1n) is 8.02. The number of hydrogen-bond acceptors (Lipinski definition) is 6. The standard InChI is InChI=1S/C19H17N3O3S/c1-13(18(24)21-15-7-3-2-4-8-15)25-17(23)10-16-12-26-19(22-16)14-6-5-9-20-11-14/h2-9,11-13H,10H2,1H3,(H,21,24)/t13-/m1/s1. The van der Waals surface area contributed by atoms with Gasteiger partial charge in [0.25, 0.3) is 5.91 Å². The summed E-state index contributed by atoms with van der Waals surface area (Å²) in [5.74, 6) is -0.873. The number of anilines is 1. The lowest BCUT2D eigenvalue weighted by Crippen LogP contribution is -2.30. The first kappa shape index (κ1) is 17.8. The molecule has 1 atom stereocenters. The lowest BCUT2D eigenvalue weighted by Gasteiger charge is -2.13. The number of hydrogen-bond donors (Lipinski definition) is 1. The van der Waals surface area contributed by atoms with E-state index in [9.17, 15) is 9.59 Å². The molecule has 0 bridgehead atoms. The van der Waals surface area contributed by atoms with Crippen molar-refractivity contribution < 1.29 is 14.3 Å². The highest BCUT2D eigenvalue weighted by atomic mass is 32.1. The molecule has 1 N–H and O–H groups in total. The number of rotatable bonds is 6. The van der Waals surface area contributed by atoms with Gasteiger partial charge in [-0.25, -0.2) is 4.98 Å². The van der Waals surface area contributed by atoms with Gasteiger partial charge in [-0.3, -0.25) is 14.6 Å². The van der Waals surface area contributed by atoms with Gasteiger partial charge in [-0.15, -0.1) is 11.3 Å². The molecule has 2 aromatic heterocycles. The number of thiazole rings is 1. The van der Waals surface area contributed by atoms with Crippen molar-refractivity contribution >= 4 is 28.9 Å². The second kappa shape index (κ2) is 8.35. The number of aromatic nitrogens is 2. The molecule has 3 rings (SSSR count). The summed E-state index contributed by atoms with van der Waals surface area (Å²) >= 11 is 1.43. The zero-order chi connectivity index (χ0) is 18.4. The molecule has 0 aliphatic rings. The molecule has 0 aliphatic carbocycles. The largest absolute Gasteiger partial charge is 0.452 e. The number of carbonyl (C=O) groups is 2. The summed E-state index contributed by atoms with van der Waals surface area (Å²) in [5.41, 5.74) is 2.16. The van der Waals surface area contributed by atoms with Crippen LogP contribution in [0.1, 0.15) is 12.6 Å². The minimum atomic E-state index is -0.890. The Balaban J connectivity index is 1.54. The van der Waals surface area contributed by atoms with Crippen LogP contribution in [0.15, 0.2) is 60.2 Å². The summed E-state index contributed by atoms with van der Waals surface area (Å²) in [7, 11) is 0. The topological polar surface area (TPSA) is 81.2 Å². The molecule has 1 amide bonds. The zero-order valence-corrected chi connectivity index (χ0v) is 14.9. The molecule has 26 heavy (non-hydrogen) atoms. The number of ether oxygens (including phenoxy) is 1. The Hall–Kier alpha value is -3.06. The number of amides is 1. The number of esters is 1. The van der Waals surface area contributed by atoms with Crippen molar-refractivity contribution in [1.82, 2.24) is 9.97 Å². The van der Waals surface area contributed by atoms with Crippen LogP contribution in [-0.2, 0) is 20.7 Å². The SMILES string of the molecule is C[C@@H](OC(=O)Cc1csc(-c2cccnc2)n1)C(=O)Nc1ccccc1. The van der Waals surface area contributed by atoms with Gasteiger partial charge in [0.15, 0.2) is 6.10 Å². The van der Waals surface area contributed by atoms with Crippen molar-refractivity contribution in [2.75, 3.05) is 5.32 Å². The fourth-order valence-corrected chi connectivity index (χ4v) is 3.03. The van der Waals surface area contributed by atoms with Crippen molar-refractivity contribution in [3.05, 3.63) is 65.9 Å². The highest BCUT2D eigenvalue weighted by Crippen LogP contribution is 2.23. The third-order valence-electron chi connectivity index (χ3n) is 3.50. The van der Waals surface area contributed by atoms with E-state index >= 15 is 0 Å². The van der Waals surface area contributed by atoms with Crippen LogP contribution in [0.4, 0.5) is 5.69 Å². The van der Waals surface area contributed by atoms with Crippen LogP contribution in [0.5, 0.6) is 0 Å². The minimum absolute atomic E-state index is 0.0136. The normalized spacial score (nSPS) is 11.6. The number of para-hydroxylation sites is 1. The Bertz CT molecular complexity index is 881. The number of nitrogens with one attached hydrogen (secondary N) is 1. The first-order chi connectivity index (χ1) is 12.6. The van der Waals surface area contributed by atoms with E-state index in [0.717, 1.165) is 10.6 Å². The van der Waals surface area contributed by atoms with Crippen molar-refractivity contribution in [1.29, 1.82) is 0 Å². The molecule has 1 aromatic carbocycles. The molecule has 0 aliphatic heterocycles. The lowest BCUT2D eigenvalue weighted by molar-refractivity contribution is -0.152. The molecular weight excluding hydrogens is 350 g/mol. The van der Waals surface area contributed by atoms with E-state index in [1.165, 1.54) is 18.3 Å². The molecule has 6 nitrogen and oxygen atoms in total. The number of benzene rings is 1. The zero-order valence-electron chi connectivity index (χ0n) is 14.1. The summed E-state index contributed by atoms with van der Waals surface area (Å²) in [6, 6.07) is 12.8. The average Bonchev–Trinajstić information content (AvgIpc) is 3.11. The molecule has 0 saturated carbocycles. The van der Waals surface area contributed by atoms with Crippen LogP contribution in [0.25, 0.3) is 10.6 Å². The summed E-state index contributed by atoms with van der Waals surface area (Å²) in [4.78, 5) is 32.6. The summed E-state index contributed by atoms with van der Waals surface area (Å²) in [5, 5.41) is 5.29. The predicted octanol–water partition coefficient (Wildman–Crippen LogP) is 3.32. The van der Waals surface area contributed by atoms with Crippen LogP contribution in [-0.4, -0.2) is 27.9 Å². The Kier molecular flexibility index (Phi) is 5.70. The van der Waals surface area contributed by atoms with E-state index in [1.54, 1.807) is 29.9 Å². The maximum Gasteiger partial charge on any atom is 0.312 e. The van der Waals surface area contributed by atoms with Crippen molar-refractivity contribution in [2.45, 2.75) is 19.4 Å². The third kappa shape index (κ3) is 4.73. The van der Waals surface area contributed by atoms with E-state index in [1.807, 2.05) is 30.3 Å². The van der Waals surface area contributed by atoms with Crippen molar-refractivity contribution in [2.24, 2.45) is 0 Å². The molecular formula is C19H17N3O3S. The van der Waals surface area contributed by atoms with E-state index in [4.69, 9.17) is 4.74 Å². The molecule has 0 fully saturated rings. The van der Waals surface area contributed by atoms with Crippen LogP contribution >= 0.6 is 11.3 Å². The van der Waals surface area contributed by atoms with Crippen LogP contribution in [0.2, 0.25) is 0 Å². The molecule has 2 heterocycles. The van der Waals surface area contributed by atoms with Crippen LogP contribution in [0, 0.1) is 0 Å². The van der Waals surface area contributed by atoms with Crippen molar-refractivity contribution in [3.8, 4) is 10.6 Å². The van der Waals surface area contributed by atoms with Gasteiger partial charge in [0.2, 0.25) is 0 Å². The predicted molar refractivity (Wildman–Crippen MR) is 99.7 cm³/mol. The van der Waals surface area contributed by atoms with Crippen LogP contribution in [0.3, 0.4) is 0 Å². The minimum Gasteiger partial charge on any atom is -0.452 e. The Morgan fingerprint density at radius 2 is 2.00 bits per heavy atom. The molecule has 0 unspecified atom stereocenters. The molecule has 0 saturated heterocycles. The Morgan fingerprint density at radius 3 is 2.73 bits per heavy atom. The highest BCUT2D eigenvalue weighted by molar-refractivity contribution is 7.13. The quantitative estimate of drug-likeness (QED) is 0.676. The molecule has 0 radical (unpaired) electrons. The Labute approximate surface area is 154 Å². The monoisotopic (exact) mass is 367 g/mol. The van der Waals surface area contributed by atoms with Gasteiger partial charge in [-0.2, -0.15) is 0 Å². The van der Waals surface area contributed by atoms with Gasteiger partial charge in [0.05, 0.1) is 12.1 Å². The second-order valence-electron chi connectivity index (χ2n) is 5.55. The Morgan fingerprint density at radius 1 is 1.19 bits per heavy atom. The van der Waals surface area contributed by atoms with E-state index < -0.39 is 12.1 Å². The average molecular weight is 367 g/mol. The molecule has 0 spiro atoms. The van der Waals surface area contributed by atoms with Crippen LogP contribution < -0.4 is 5.32 Å². The van der Waals surface area contributed by atoms with E-state index in [2.05, 4.69) is 15.3 Å². The van der Waals surface area contributed by atoms with Gasteiger partial charge in [0, 0.05) is 29.0 Å². The summed E-state index contributed by atoms with van der Waals surface area (Å²) < 4.78 is 5.20. The first-order valence-corrected chi connectivity index (χ1v) is 8.90. The lowest BCUT2D eigenvalue weighted by atomic mass is 10.3. The fraction of sp³-hybridized carbons (Fsp3) is 0.158. The fourth-order valence-electron chi connectivity index (χ4n) is 2.22. The van der Waals surface area contributed by atoms with Gasteiger partial charge in [-0.1, -0.05) is 18.2 Å². The summed E-state index contributed by atoms with van der Waals surface area (Å²) in [6.45, 7) is 1.54. The highest BCUT2D eigenvalue weighted by Gasteiger charge is 2.19. The van der Waals surface area contributed by atoms with Gasteiger partial charge >= 0.3 is 5.97 Å².